The average molecular weight is 319 g/mol. The van der Waals surface area contributed by atoms with Gasteiger partial charge in [0.15, 0.2) is 0 Å². The maximum atomic E-state index is 12.9. The standard InChI is InChI=1S/C17H18FNO2S/c1-12(13-6-8-14(18)9-7-13)22-11-17(20)19-15-4-3-5-16(10-15)21-2/h3-10,12H,11H2,1-2H3,(H,19,20). The van der Waals surface area contributed by atoms with Crippen molar-refractivity contribution in [3.05, 3.63) is 59.9 Å². The molecular weight excluding hydrogens is 301 g/mol. The van der Waals surface area contributed by atoms with Crippen molar-refractivity contribution in [3.63, 3.8) is 0 Å². The number of rotatable bonds is 6. The fraction of sp³-hybridized carbons (Fsp3) is 0.235. The number of halogens is 1. The van der Waals surface area contributed by atoms with Gasteiger partial charge in [0, 0.05) is 17.0 Å². The van der Waals surface area contributed by atoms with Crippen molar-refractivity contribution in [2.75, 3.05) is 18.2 Å². The number of carbonyl (C=O) groups is 1. The van der Waals surface area contributed by atoms with Crippen LogP contribution in [0, 0.1) is 5.82 Å². The van der Waals surface area contributed by atoms with Crippen LogP contribution in [-0.4, -0.2) is 18.8 Å². The van der Waals surface area contributed by atoms with Gasteiger partial charge in [-0.3, -0.25) is 4.79 Å². The molecule has 5 heteroatoms. The maximum Gasteiger partial charge on any atom is 0.234 e. The van der Waals surface area contributed by atoms with E-state index in [1.54, 1.807) is 25.3 Å². The summed E-state index contributed by atoms with van der Waals surface area (Å²) in [6, 6.07) is 13.6. The Labute approximate surface area is 133 Å². The van der Waals surface area contributed by atoms with Crippen LogP contribution in [0.25, 0.3) is 0 Å². The van der Waals surface area contributed by atoms with Gasteiger partial charge in [0.1, 0.15) is 11.6 Å². The van der Waals surface area contributed by atoms with E-state index in [0.29, 0.717) is 17.2 Å². The summed E-state index contributed by atoms with van der Waals surface area (Å²) >= 11 is 1.51. The minimum absolute atomic E-state index is 0.0767. The monoisotopic (exact) mass is 319 g/mol. The van der Waals surface area contributed by atoms with Crippen molar-refractivity contribution in [1.82, 2.24) is 0 Å². The van der Waals surface area contributed by atoms with Gasteiger partial charge in [0.25, 0.3) is 0 Å². The minimum Gasteiger partial charge on any atom is -0.497 e. The number of ether oxygens (including phenoxy) is 1. The highest BCUT2D eigenvalue weighted by Crippen LogP contribution is 2.28. The number of benzene rings is 2. The van der Waals surface area contributed by atoms with Crippen LogP contribution in [0.2, 0.25) is 0 Å². The first-order valence-corrected chi connectivity index (χ1v) is 7.94. The number of hydrogen-bond donors (Lipinski definition) is 1. The molecule has 0 aliphatic rings. The molecule has 0 aliphatic carbocycles. The Kier molecular flexibility index (Phi) is 5.83. The van der Waals surface area contributed by atoms with Crippen LogP contribution in [0.1, 0.15) is 17.7 Å². The SMILES string of the molecule is COc1cccc(NC(=O)CSC(C)c2ccc(F)cc2)c1. The molecule has 1 amide bonds. The molecule has 22 heavy (non-hydrogen) atoms. The van der Waals surface area contributed by atoms with Crippen molar-refractivity contribution < 1.29 is 13.9 Å². The van der Waals surface area contributed by atoms with Crippen molar-refractivity contribution in [2.24, 2.45) is 0 Å². The second kappa shape index (κ2) is 7.84. The molecule has 0 saturated heterocycles. The predicted octanol–water partition coefficient (Wildman–Crippen LogP) is 4.27. The second-order valence-electron chi connectivity index (χ2n) is 4.78. The molecule has 0 spiro atoms. The molecule has 0 fully saturated rings. The maximum absolute atomic E-state index is 12.9. The minimum atomic E-state index is -0.253. The van der Waals surface area contributed by atoms with Gasteiger partial charge in [-0.25, -0.2) is 4.39 Å². The Hall–Kier alpha value is -2.01. The van der Waals surface area contributed by atoms with Crippen LogP contribution < -0.4 is 10.1 Å². The Morgan fingerprint density at radius 1 is 1.27 bits per heavy atom. The van der Waals surface area contributed by atoms with Crippen molar-refractivity contribution in [1.29, 1.82) is 0 Å². The zero-order valence-corrected chi connectivity index (χ0v) is 13.3. The molecule has 2 rings (SSSR count). The number of methoxy groups -OCH3 is 1. The molecule has 0 aromatic heterocycles. The smallest absolute Gasteiger partial charge is 0.234 e. The Bertz CT molecular complexity index is 631. The lowest BCUT2D eigenvalue weighted by molar-refractivity contribution is -0.113. The Morgan fingerprint density at radius 3 is 2.68 bits per heavy atom. The van der Waals surface area contributed by atoms with Crippen LogP contribution in [0.4, 0.5) is 10.1 Å². The summed E-state index contributed by atoms with van der Waals surface area (Å²) in [6.45, 7) is 2.00. The normalized spacial score (nSPS) is 11.8. The highest BCUT2D eigenvalue weighted by Gasteiger charge is 2.10. The van der Waals surface area contributed by atoms with E-state index >= 15 is 0 Å². The fourth-order valence-electron chi connectivity index (χ4n) is 1.93. The summed E-state index contributed by atoms with van der Waals surface area (Å²) in [4.78, 5) is 12.0. The number of carbonyl (C=O) groups excluding carboxylic acids is 1. The first-order chi connectivity index (χ1) is 10.6. The van der Waals surface area contributed by atoms with E-state index in [4.69, 9.17) is 4.74 Å². The fourth-order valence-corrected chi connectivity index (χ4v) is 2.75. The molecule has 0 heterocycles. The van der Waals surface area contributed by atoms with Gasteiger partial charge < -0.3 is 10.1 Å². The number of nitrogens with one attached hydrogen (secondary N) is 1. The zero-order valence-electron chi connectivity index (χ0n) is 12.5. The summed E-state index contributed by atoms with van der Waals surface area (Å²) in [5.41, 5.74) is 1.71. The largest absolute Gasteiger partial charge is 0.497 e. The van der Waals surface area contributed by atoms with E-state index < -0.39 is 0 Å². The number of thioether (sulfide) groups is 1. The molecule has 0 saturated carbocycles. The van der Waals surface area contributed by atoms with Gasteiger partial charge in [0.2, 0.25) is 5.91 Å². The highest BCUT2D eigenvalue weighted by atomic mass is 32.2. The lowest BCUT2D eigenvalue weighted by Gasteiger charge is -2.12. The van der Waals surface area contributed by atoms with Gasteiger partial charge >= 0.3 is 0 Å². The summed E-state index contributed by atoms with van der Waals surface area (Å²) in [5, 5.41) is 2.95. The summed E-state index contributed by atoms with van der Waals surface area (Å²) in [5.74, 6) is 0.699. The van der Waals surface area contributed by atoms with E-state index in [1.807, 2.05) is 25.1 Å². The lowest BCUT2D eigenvalue weighted by atomic mass is 10.2. The van der Waals surface area contributed by atoms with Crippen LogP contribution in [0.15, 0.2) is 48.5 Å². The third-order valence-corrected chi connectivity index (χ3v) is 4.36. The van der Waals surface area contributed by atoms with Gasteiger partial charge in [-0.05, 0) is 36.8 Å². The summed E-state index contributed by atoms with van der Waals surface area (Å²) in [6.07, 6.45) is 0. The molecule has 0 bridgehead atoms. The average Bonchev–Trinajstić information content (AvgIpc) is 2.53. The number of amides is 1. The Morgan fingerprint density at radius 2 is 2.00 bits per heavy atom. The molecule has 1 N–H and O–H groups in total. The predicted molar refractivity (Wildman–Crippen MR) is 88.9 cm³/mol. The first kappa shape index (κ1) is 16.4. The number of hydrogen-bond acceptors (Lipinski definition) is 3. The molecule has 0 radical (unpaired) electrons. The topological polar surface area (TPSA) is 38.3 Å². The highest BCUT2D eigenvalue weighted by molar-refractivity contribution is 8.00. The van der Waals surface area contributed by atoms with Crippen LogP contribution in [0.3, 0.4) is 0 Å². The van der Waals surface area contributed by atoms with Crippen LogP contribution in [-0.2, 0) is 4.79 Å². The molecule has 116 valence electrons. The zero-order chi connectivity index (χ0) is 15.9. The molecular formula is C17H18FNO2S. The third kappa shape index (κ3) is 4.77. The van der Waals surface area contributed by atoms with Gasteiger partial charge in [-0.2, -0.15) is 0 Å². The van der Waals surface area contributed by atoms with Crippen LogP contribution in [0.5, 0.6) is 5.75 Å². The van der Waals surface area contributed by atoms with Crippen molar-refractivity contribution >= 4 is 23.4 Å². The molecule has 2 aromatic rings. The lowest BCUT2D eigenvalue weighted by Crippen LogP contribution is -2.14. The van der Waals surface area contributed by atoms with Gasteiger partial charge in [0.05, 0.1) is 12.9 Å². The Balaban J connectivity index is 1.85. The van der Waals surface area contributed by atoms with E-state index in [9.17, 15) is 9.18 Å². The van der Waals surface area contributed by atoms with E-state index in [0.717, 1.165) is 5.56 Å². The second-order valence-corrected chi connectivity index (χ2v) is 6.11. The van der Waals surface area contributed by atoms with E-state index in [-0.39, 0.29) is 17.0 Å². The number of anilines is 1. The van der Waals surface area contributed by atoms with Crippen LogP contribution >= 0.6 is 11.8 Å². The third-order valence-electron chi connectivity index (χ3n) is 3.16. The quantitative estimate of drug-likeness (QED) is 0.864. The van der Waals surface area contributed by atoms with E-state index in [2.05, 4.69) is 5.32 Å². The molecule has 2 aromatic carbocycles. The van der Waals surface area contributed by atoms with Gasteiger partial charge in [-0.1, -0.05) is 18.2 Å². The molecule has 3 nitrogen and oxygen atoms in total. The molecule has 1 atom stereocenters. The molecule has 1 unspecified atom stereocenters. The van der Waals surface area contributed by atoms with Gasteiger partial charge in [-0.15, -0.1) is 11.8 Å². The van der Waals surface area contributed by atoms with Crippen molar-refractivity contribution in [3.8, 4) is 5.75 Å². The first-order valence-electron chi connectivity index (χ1n) is 6.89. The summed E-state index contributed by atoms with van der Waals surface area (Å²) in [7, 11) is 1.58. The summed E-state index contributed by atoms with van der Waals surface area (Å²) < 4.78 is 18.0. The molecule has 0 aliphatic heterocycles. The van der Waals surface area contributed by atoms with E-state index in [1.165, 1.54) is 23.9 Å². The van der Waals surface area contributed by atoms with Crippen molar-refractivity contribution in [2.45, 2.75) is 12.2 Å².